The Bertz CT molecular complexity index is 544. The summed E-state index contributed by atoms with van der Waals surface area (Å²) in [6, 6.07) is 19.5. The highest BCUT2D eigenvalue weighted by Crippen LogP contribution is 2.34. The van der Waals surface area contributed by atoms with E-state index in [9.17, 15) is 0 Å². The topological polar surface area (TPSA) is 12.0 Å². The van der Waals surface area contributed by atoms with Crippen LogP contribution in [0.2, 0.25) is 5.02 Å². The molecule has 1 nitrogen and oxygen atoms in total. The van der Waals surface area contributed by atoms with E-state index < -0.39 is 0 Å². The summed E-state index contributed by atoms with van der Waals surface area (Å²) >= 11 is 6.03. The van der Waals surface area contributed by atoms with Gasteiger partial charge in [0.1, 0.15) is 0 Å². The van der Waals surface area contributed by atoms with Crippen molar-refractivity contribution < 1.29 is 0 Å². The van der Waals surface area contributed by atoms with Gasteiger partial charge in [-0.25, -0.2) is 0 Å². The molecule has 0 aromatic heterocycles. The lowest BCUT2D eigenvalue weighted by atomic mass is 9.82. The smallest absolute Gasteiger partial charge is 0.0426 e. The van der Waals surface area contributed by atoms with Crippen molar-refractivity contribution in [2.45, 2.75) is 37.6 Å². The highest BCUT2D eigenvalue weighted by molar-refractivity contribution is 6.30. The first-order chi connectivity index (χ1) is 9.81. The molecule has 0 unspecified atom stereocenters. The third kappa shape index (κ3) is 3.34. The predicted octanol–water partition coefficient (Wildman–Crippen LogP) is 5.48. The molecule has 1 saturated carbocycles. The van der Waals surface area contributed by atoms with Crippen LogP contribution >= 0.6 is 11.6 Å². The van der Waals surface area contributed by atoms with Crippen molar-refractivity contribution in [3.8, 4) is 0 Å². The molecule has 104 valence electrons. The molecule has 2 aromatic carbocycles. The molecule has 0 heterocycles. The van der Waals surface area contributed by atoms with Gasteiger partial charge in [-0.3, -0.25) is 0 Å². The van der Waals surface area contributed by atoms with Crippen LogP contribution < -0.4 is 5.32 Å². The Hall–Kier alpha value is -1.47. The molecule has 0 atom stereocenters. The minimum absolute atomic E-state index is 0.577. The summed E-state index contributed by atoms with van der Waals surface area (Å²) in [7, 11) is 0. The van der Waals surface area contributed by atoms with E-state index in [1.54, 1.807) is 0 Å². The Balaban J connectivity index is 1.56. The van der Waals surface area contributed by atoms with Gasteiger partial charge in [-0.15, -0.1) is 0 Å². The number of hydrogen-bond acceptors (Lipinski definition) is 1. The Kier molecular flexibility index (Phi) is 4.27. The molecule has 2 heteroatoms. The number of nitrogens with one attached hydrogen (secondary N) is 1. The van der Waals surface area contributed by atoms with Crippen molar-refractivity contribution in [3.63, 3.8) is 0 Å². The molecule has 0 aliphatic heterocycles. The van der Waals surface area contributed by atoms with Gasteiger partial charge in [0.15, 0.2) is 0 Å². The average molecular weight is 286 g/mol. The van der Waals surface area contributed by atoms with Gasteiger partial charge in [-0.05, 0) is 55.4 Å². The molecule has 0 bridgehead atoms. The zero-order valence-electron chi connectivity index (χ0n) is 11.6. The summed E-state index contributed by atoms with van der Waals surface area (Å²) in [6.07, 6.45) is 4.99. The fraction of sp³-hybridized carbons (Fsp3) is 0.333. The van der Waals surface area contributed by atoms with Crippen LogP contribution in [0.5, 0.6) is 0 Å². The molecule has 0 saturated heterocycles. The van der Waals surface area contributed by atoms with Gasteiger partial charge in [0, 0.05) is 16.8 Å². The number of rotatable bonds is 3. The van der Waals surface area contributed by atoms with Crippen molar-refractivity contribution >= 4 is 17.3 Å². The SMILES string of the molecule is Clc1cccc(NC2CCC(c3ccccc3)CC2)c1. The van der Waals surface area contributed by atoms with E-state index in [-0.39, 0.29) is 0 Å². The van der Waals surface area contributed by atoms with E-state index in [0.29, 0.717) is 6.04 Å². The van der Waals surface area contributed by atoms with Gasteiger partial charge in [-0.2, -0.15) is 0 Å². The molecule has 20 heavy (non-hydrogen) atoms. The molecule has 3 rings (SSSR count). The Morgan fingerprint density at radius 3 is 2.30 bits per heavy atom. The van der Waals surface area contributed by atoms with Gasteiger partial charge in [0.25, 0.3) is 0 Å². The highest BCUT2D eigenvalue weighted by atomic mass is 35.5. The molecule has 1 aliphatic rings. The summed E-state index contributed by atoms with van der Waals surface area (Å²) in [5, 5.41) is 4.41. The van der Waals surface area contributed by atoms with Crippen molar-refractivity contribution in [1.29, 1.82) is 0 Å². The molecule has 0 radical (unpaired) electrons. The van der Waals surface area contributed by atoms with Gasteiger partial charge in [0.05, 0.1) is 0 Å². The second-order valence-electron chi connectivity index (χ2n) is 5.61. The van der Waals surface area contributed by atoms with E-state index in [1.807, 2.05) is 18.2 Å². The largest absolute Gasteiger partial charge is 0.382 e. The third-order valence-electron chi connectivity index (χ3n) is 4.19. The van der Waals surface area contributed by atoms with E-state index in [0.717, 1.165) is 16.6 Å². The normalized spacial score (nSPS) is 22.4. The molecular formula is C18H20ClN. The van der Waals surface area contributed by atoms with Crippen LogP contribution in [-0.2, 0) is 0 Å². The van der Waals surface area contributed by atoms with Gasteiger partial charge < -0.3 is 5.32 Å². The monoisotopic (exact) mass is 285 g/mol. The third-order valence-corrected chi connectivity index (χ3v) is 4.43. The van der Waals surface area contributed by atoms with Crippen molar-refractivity contribution in [3.05, 3.63) is 65.2 Å². The maximum atomic E-state index is 6.03. The number of anilines is 1. The Labute approximate surface area is 126 Å². The minimum atomic E-state index is 0.577. The summed E-state index contributed by atoms with van der Waals surface area (Å²) in [5.74, 6) is 0.730. The highest BCUT2D eigenvalue weighted by Gasteiger charge is 2.21. The Morgan fingerprint density at radius 2 is 1.60 bits per heavy atom. The van der Waals surface area contributed by atoms with Crippen LogP contribution in [0, 0.1) is 0 Å². The first kappa shape index (κ1) is 13.5. The van der Waals surface area contributed by atoms with Crippen molar-refractivity contribution in [1.82, 2.24) is 0 Å². The summed E-state index contributed by atoms with van der Waals surface area (Å²) in [5.41, 5.74) is 2.63. The van der Waals surface area contributed by atoms with Gasteiger partial charge >= 0.3 is 0 Å². The average Bonchev–Trinajstić information content (AvgIpc) is 2.49. The lowest BCUT2D eigenvalue weighted by molar-refractivity contribution is 0.412. The first-order valence-corrected chi connectivity index (χ1v) is 7.76. The lowest BCUT2D eigenvalue weighted by Crippen LogP contribution is -2.25. The maximum absolute atomic E-state index is 6.03. The van der Waals surface area contributed by atoms with Crippen molar-refractivity contribution in [2.75, 3.05) is 5.32 Å². The molecular weight excluding hydrogens is 266 g/mol. The predicted molar refractivity (Wildman–Crippen MR) is 86.5 cm³/mol. The van der Waals surface area contributed by atoms with Crippen molar-refractivity contribution in [2.24, 2.45) is 0 Å². The fourth-order valence-corrected chi connectivity index (χ4v) is 3.30. The molecule has 0 amide bonds. The number of hydrogen-bond donors (Lipinski definition) is 1. The van der Waals surface area contributed by atoms with E-state index >= 15 is 0 Å². The minimum Gasteiger partial charge on any atom is -0.382 e. The van der Waals surface area contributed by atoms with Crippen LogP contribution in [0.1, 0.15) is 37.2 Å². The molecule has 1 fully saturated rings. The maximum Gasteiger partial charge on any atom is 0.0426 e. The number of benzene rings is 2. The molecule has 1 aliphatic carbocycles. The quantitative estimate of drug-likeness (QED) is 0.787. The van der Waals surface area contributed by atoms with E-state index in [4.69, 9.17) is 11.6 Å². The summed E-state index contributed by atoms with van der Waals surface area (Å²) in [6.45, 7) is 0. The number of halogens is 1. The zero-order chi connectivity index (χ0) is 13.8. The first-order valence-electron chi connectivity index (χ1n) is 7.38. The fourth-order valence-electron chi connectivity index (χ4n) is 3.11. The van der Waals surface area contributed by atoms with E-state index in [2.05, 4.69) is 41.7 Å². The summed E-state index contributed by atoms with van der Waals surface area (Å²) in [4.78, 5) is 0. The molecule has 2 aromatic rings. The van der Waals surface area contributed by atoms with Crippen LogP contribution in [0.3, 0.4) is 0 Å². The lowest BCUT2D eigenvalue weighted by Gasteiger charge is -2.30. The second-order valence-corrected chi connectivity index (χ2v) is 6.05. The zero-order valence-corrected chi connectivity index (χ0v) is 12.3. The van der Waals surface area contributed by atoms with Gasteiger partial charge in [0.2, 0.25) is 0 Å². The van der Waals surface area contributed by atoms with Crippen LogP contribution in [0.15, 0.2) is 54.6 Å². The Morgan fingerprint density at radius 1 is 0.850 bits per heavy atom. The standard InChI is InChI=1S/C18H20ClN/c19-16-7-4-8-18(13-16)20-17-11-9-15(10-12-17)14-5-2-1-3-6-14/h1-8,13,15,17,20H,9-12H2. The summed E-state index contributed by atoms with van der Waals surface area (Å²) < 4.78 is 0. The van der Waals surface area contributed by atoms with Crippen LogP contribution in [-0.4, -0.2) is 6.04 Å². The van der Waals surface area contributed by atoms with Crippen LogP contribution in [0.4, 0.5) is 5.69 Å². The van der Waals surface area contributed by atoms with Gasteiger partial charge in [-0.1, -0.05) is 48.0 Å². The molecule has 1 N–H and O–H groups in total. The molecule has 0 spiro atoms. The van der Waals surface area contributed by atoms with Crippen LogP contribution in [0.25, 0.3) is 0 Å². The second kappa shape index (κ2) is 6.32. The van der Waals surface area contributed by atoms with E-state index in [1.165, 1.54) is 31.2 Å².